The molecule has 0 radical (unpaired) electrons. The van der Waals surface area contributed by atoms with Crippen molar-refractivity contribution in [2.24, 2.45) is 5.10 Å². The molecule has 1 atom stereocenters. The number of hydrogen-bond acceptors (Lipinski definition) is 6. The molecule has 2 aromatic carbocycles. The lowest BCUT2D eigenvalue weighted by Gasteiger charge is -2.32. The number of rotatable bonds is 9. The number of likely N-dealkylation sites (N-methyl/N-ethyl adjacent to an activating group) is 1. The third-order valence-electron chi connectivity index (χ3n) is 7.04. The molecule has 7 heteroatoms. The van der Waals surface area contributed by atoms with E-state index in [0.29, 0.717) is 37.1 Å². The lowest BCUT2D eigenvalue weighted by atomic mass is 9.94. The van der Waals surface area contributed by atoms with Crippen LogP contribution < -0.4 is 14.2 Å². The van der Waals surface area contributed by atoms with Crippen molar-refractivity contribution in [3.63, 3.8) is 0 Å². The molecule has 4 rings (SSSR count). The van der Waals surface area contributed by atoms with Crippen LogP contribution in [0.25, 0.3) is 0 Å². The van der Waals surface area contributed by atoms with E-state index in [-0.39, 0.29) is 11.9 Å². The summed E-state index contributed by atoms with van der Waals surface area (Å²) in [5.74, 6) is 2.16. The summed E-state index contributed by atoms with van der Waals surface area (Å²) >= 11 is 0. The normalized spacial score (nSPS) is 18.5. The second-order valence-electron chi connectivity index (χ2n) is 9.28. The predicted octanol–water partition coefficient (Wildman–Crippen LogP) is 5.04. The van der Waals surface area contributed by atoms with E-state index in [2.05, 4.69) is 11.9 Å². The van der Waals surface area contributed by atoms with E-state index < -0.39 is 0 Å². The Labute approximate surface area is 208 Å². The third-order valence-corrected chi connectivity index (χ3v) is 7.04. The molecule has 0 saturated heterocycles. The van der Waals surface area contributed by atoms with Gasteiger partial charge in [0.2, 0.25) is 0 Å². The summed E-state index contributed by atoms with van der Waals surface area (Å²) in [7, 11) is 5.31. The molecule has 1 saturated carbocycles. The molecule has 1 aliphatic carbocycles. The topological polar surface area (TPSA) is 63.6 Å². The van der Waals surface area contributed by atoms with E-state index in [9.17, 15) is 4.79 Å². The number of methoxy groups -OCH3 is 2. The fraction of sp³-hybridized carbons (Fsp3) is 0.500. The molecule has 1 unspecified atom stereocenters. The van der Waals surface area contributed by atoms with Gasteiger partial charge in [-0.05, 0) is 62.7 Å². The molecule has 2 aromatic rings. The average molecular weight is 480 g/mol. The maximum Gasteiger partial charge on any atom is 0.257 e. The lowest BCUT2D eigenvalue weighted by Crippen LogP contribution is -2.41. The number of hydrazone groups is 1. The van der Waals surface area contributed by atoms with Gasteiger partial charge in [-0.25, -0.2) is 5.01 Å². The zero-order valence-corrected chi connectivity index (χ0v) is 21.3. The first kappa shape index (κ1) is 25.0. The zero-order valence-electron chi connectivity index (χ0n) is 21.3. The van der Waals surface area contributed by atoms with Crippen LogP contribution in [0.5, 0.6) is 17.2 Å². The Balaban J connectivity index is 1.60. The van der Waals surface area contributed by atoms with E-state index in [1.54, 1.807) is 19.2 Å². The molecule has 2 aliphatic rings. The second kappa shape index (κ2) is 11.6. The zero-order chi connectivity index (χ0) is 24.8. The van der Waals surface area contributed by atoms with Crippen LogP contribution in [0.1, 0.15) is 62.6 Å². The average Bonchev–Trinajstić information content (AvgIpc) is 3.35. The van der Waals surface area contributed by atoms with Crippen LogP contribution in [-0.2, 0) is 4.79 Å². The van der Waals surface area contributed by atoms with Crippen LogP contribution in [0.4, 0.5) is 0 Å². The Morgan fingerprint density at radius 2 is 1.74 bits per heavy atom. The van der Waals surface area contributed by atoms with E-state index in [1.165, 1.54) is 19.3 Å². The first-order valence-corrected chi connectivity index (χ1v) is 12.6. The Morgan fingerprint density at radius 3 is 2.40 bits per heavy atom. The smallest absolute Gasteiger partial charge is 0.257 e. The van der Waals surface area contributed by atoms with E-state index in [0.717, 1.165) is 35.4 Å². The molecule has 7 nitrogen and oxygen atoms in total. The molecule has 188 valence electrons. The van der Waals surface area contributed by atoms with E-state index in [4.69, 9.17) is 19.3 Å². The van der Waals surface area contributed by atoms with Gasteiger partial charge in [0.05, 0.1) is 39.1 Å². The molecule has 1 heterocycles. The predicted molar refractivity (Wildman–Crippen MR) is 137 cm³/mol. The van der Waals surface area contributed by atoms with Crippen LogP contribution in [0.3, 0.4) is 0 Å². The van der Waals surface area contributed by atoms with Crippen molar-refractivity contribution in [2.45, 2.75) is 57.5 Å². The van der Waals surface area contributed by atoms with E-state index >= 15 is 0 Å². The number of nitrogens with zero attached hydrogens (tertiary/aromatic N) is 3. The highest BCUT2D eigenvalue weighted by atomic mass is 16.5. The fourth-order valence-corrected chi connectivity index (χ4v) is 5.08. The standard InChI is InChI=1S/C28H37N3O4/c1-5-35-23-14-11-20(12-15-23)25-18-24(21-13-16-26(33-3)27(17-21)34-4)29-31(25)28(32)19-30(2)22-9-7-6-8-10-22/h11-17,22,25H,5-10,18-19H2,1-4H3. The highest BCUT2D eigenvalue weighted by Gasteiger charge is 2.34. The van der Waals surface area contributed by atoms with Gasteiger partial charge in [0.25, 0.3) is 5.91 Å². The van der Waals surface area contributed by atoms with Crippen LogP contribution in [0, 0.1) is 0 Å². The molecule has 1 aliphatic heterocycles. The number of amides is 1. The van der Waals surface area contributed by atoms with Gasteiger partial charge in [-0.2, -0.15) is 5.10 Å². The summed E-state index contributed by atoms with van der Waals surface area (Å²) in [6.07, 6.45) is 6.72. The summed E-state index contributed by atoms with van der Waals surface area (Å²) in [6, 6.07) is 14.1. The summed E-state index contributed by atoms with van der Waals surface area (Å²) in [6.45, 7) is 2.95. The van der Waals surface area contributed by atoms with Crippen molar-refractivity contribution < 1.29 is 19.0 Å². The second-order valence-corrected chi connectivity index (χ2v) is 9.28. The molecule has 1 fully saturated rings. The van der Waals surface area contributed by atoms with Crippen molar-refractivity contribution >= 4 is 11.6 Å². The highest BCUT2D eigenvalue weighted by Crippen LogP contribution is 2.36. The van der Waals surface area contributed by atoms with Gasteiger partial charge < -0.3 is 14.2 Å². The molecular weight excluding hydrogens is 442 g/mol. The van der Waals surface area contributed by atoms with Gasteiger partial charge in [0.1, 0.15) is 5.75 Å². The van der Waals surface area contributed by atoms with Crippen molar-refractivity contribution in [2.75, 3.05) is 34.4 Å². The Morgan fingerprint density at radius 1 is 1.03 bits per heavy atom. The van der Waals surface area contributed by atoms with Crippen molar-refractivity contribution in [1.82, 2.24) is 9.91 Å². The molecular formula is C28H37N3O4. The molecule has 1 amide bonds. The SMILES string of the molecule is CCOc1ccc(C2CC(c3ccc(OC)c(OC)c3)=NN2C(=O)CN(C)C2CCCCC2)cc1. The van der Waals surface area contributed by atoms with Crippen LogP contribution in [0.2, 0.25) is 0 Å². The number of ether oxygens (including phenoxy) is 3. The van der Waals surface area contributed by atoms with E-state index in [1.807, 2.05) is 49.4 Å². The monoisotopic (exact) mass is 479 g/mol. The molecule has 0 bridgehead atoms. The van der Waals surface area contributed by atoms with Crippen molar-refractivity contribution in [3.05, 3.63) is 53.6 Å². The van der Waals surface area contributed by atoms with Gasteiger partial charge in [-0.15, -0.1) is 0 Å². The van der Waals surface area contributed by atoms with Crippen molar-refractivity contribution in [1.29, 1.82) is 0 Å². The van der Waals surface area contributed by atoms with Gasteiger partial charge >= 0.3 is 0 Å². The first-order valence-electron chi connectivity index (χ1n) is 12.6. The number of carbonyl (C=O) groups is 1. The van der Waals surface area contributed by atoms with Gasteiger partial charge in [-0.1, -0.05) is 31.4 Å². The van der Waals surface area contributed by atoms with Crippen molar-refractivity contribution in [3.8, 4) is 17.2 Å². The Kier molecular flexibility index (Phi) is 8.29. The quantitative estimate of drug-likeness (QED) is 0.504. The van der Waals surface area contributed by atoms with Crippen LogP contribution in [0.15, 0.2) is 47.6 Å². The summed E-state index contributed by atoms with van der Waals surface area (Å²) in [5.41, 5.74) is 2.83. The highest BCUT2D eigenvalue weighted by molar-refractivity contribution is 6.03. The Bertz CT molecular complexity index is 1030. The minimum absolute atomic E-state index is 0.0208. The maximum absolute atomic E-state index is 13.6. The largest absolute Gasteiger partial charge is 0.494 e. The summed E-state index contributed by atoms with van der Waals surface area (Å²) in [5, 5.41) is 6.53. The number of carbonyl (C=O) groups excluding carboxylic acids is 1. The third kappa shape index (κ3) is 5.78. The van der Waals surface area contributed by atoms with Gasteiger partial charge in [0, 0.05) is 18.0 Å². The number of hydrogen-bond donors (Lipinski definition) is 0. The first-order chi connectivity index (χ1) is 17.0. The molecule has 35 heavy (non-hydrogen) atoms. The summed E-state index contributed by atoms with van der Waals surface area (Å²) < 4.78 is 16.5. The molecule has 0 N–H and O–H groups in total. The van der Waals surface area contributed by atoms with Crippen LogP contribution in [-0.4, -0.2) is 62.0 Å². The minimum atomic E-state index is -0.166. The van der Waals surface area contributed by atoms with Gasteiger partial charge in [-0.3, -0.25) is 9.69 Å². The molecule has 0 spiro atoms. The Hall–Kier alpha value is -3.06. The van der Waals surface area contributed by atoms with Crippen LogP contribution >= 0.6 is 0 Å². The number of benzene rings is 2. The molecule has 0 aromatic heterocycles. The minimum Gasteiger partial charge on any atom is -0.494 e. The summed E-state index contributed by atoms with van der Waals surface area (Å²) in [4.78, 5) is 15.8. The lowest BCUT2D eigenvalue weighted by molar-refractivity contribution is -0.134. The maximum atomic E-state index is 13.6. The fourth-order valence-electron chi connectivity index (χ4n) is 5.08. The van der Waals surface area contributed by atoms with Gasteiger partial charge in [0.15, 0.2) is 11.5 Å².